The van der Waals surface area contributed by atoms with Crippen molar-refractivity contribution in [2.45, 2.75) is 52.4 Å². The average Bonchev–Trinajstić information content (AvgIpc) is 2.24. The fraction of sp³-hybridized carbons (Fsp3) is 0.714. The Morgan fingerprint density at radius 2 is 1.81 bits per heavy atom. The Morgan fingerprint density at radius 3 is 2.24 bits per heavy atom. The molecule has 1 unspecified atom stereocenters. The van der Waals surface area contributed by atoms with Crippen LogP contribution in [-0.4, -0.2) is 43.5 Å². The summed E-state index contributed by atoms with van der Waals surface area (Å²) in [6.07, 6.45) is -0.915. The van der Waals surface area contributed by atoms with Crippen LogP contribution in [0.1, 0.15) is 34.6 Å². The molecule has 0 radical (unpaired) electrons. The van der Waals surface area contributed by atoms with Gasteiger partial charge in [0.15, 0.2) is 6.04 Å². The van der Waals surface area contributed by atoms with Crippen molar-refractivity contribution in [1.82, 2.24) is 5.32 Å². The van der Waals surface area contributed by atoms with Crippen LogP contribution >= 0.6 is 0 Å². The van der Waals surface area contributed by atoms with E-state index in [1.165, 1.54) is 7.11 Å². The Bertz CT molecular complexity index is 372. The van der Waals surface area contributed by atoms with E-state index in [2.05, 4.69) is 11.9 Å². The zero-order valence-electron chi connectivity index (χ0n) is 13.5. The molecular formula is C14H25NO6. The standard InChI is InChI=1S/C14H25NO6/c1-9(2)19-10(3)20-12(16)11(8-18-7)15-13(17)21-14(4,5)6/h9,11H,3,8H2,1-2,4-7H3,(H,15,17). The van der Waals surface area contributed by atoms with Crippen molar-refractivity contribution in [2.75, 3.05) is 13.7 Å². The van der Waals surface area contributed by atoms with Crippen molar-refractivity contribution in [3.63, 3.8) is 0 Å². The molecule has 1 atom stereocenters. The minimum absolute atomic E-state index is 0.0625. The maximum absolute atomic E-state index is 11.9. The number of carbonyl (C=O) groups is 2. The van der Waals surface area contributed by atoms with Gasteiger partial charge in [-0.15, -0.1) is 0 Å². The Labute approximate surface area is 125 Å². The summed E-state index contributed by atoms with van der Waals surface area (Å²) in [6, 6.07) is -1.02. The summed E-state index contributed by atoms with van der Waals surface area (Å²) in [4.78, 5) is 23.6. The SMILES string of the molecule is C=C(OC(=O)C(COC)NC(=O)OC(C)(C)C)OC(C)C. The molecule has 0 saturated carbocycles. The molecule has 122 valence electrons. The molecule has 0 aliphatic carbocycles. The zero-order valence-corrected chi connectivity index (χ0v) is 13.5. The van der Waals surface area contributed by atoms with Gasteiger partial charge >= 0.3 is 12.1 Å². The lowest BCUT2D eigenvalue weighted by Crippen LogP contribution is -2.46. The van der Waals surface area contributed by atoms with Crippen molar-refractivity contribution >= 4 is 12.1 Å². The summed E-state index contributed by atoms with van der Waals surface area (Å²) < 4.78 is 20.0. The Kier molecular flexibility index (Phi) is 7.80. The zero-order chi connectivity index (χ0) is 16.6. The Balaban J connectivity index is 4.56. The van der Waals surface area contributed by atoms with Gasteiger partial charge in [-0.2, -0.15) is 0 Å². The second-order valence-corrected chi connectivity index (χ2v) is 5.61. The molecule has 21 heavy (non-hydrogen) atoms. The topological polar surface area (TPSA) is 83.1 Å². The van der Waals surface area contributed by atoms with Crippen molar-refractivity contribution in [3.8, 4) is 0 Å². The minimum Gasteiger partial charge on any atom is -0.463 e. The number of hydrogen-bond donors (Lipinski definition) is 1. The number of amides is 1. The van der Waals surface area contributed by atoms with Gasteiger partial charge in [0, 0.05) is 7.11 Å². The molecule has 1 N–H and O–H groups in total. The van der Waals surface area contributed by atoms with Crippen LogP contribution in [0.5, 0.6) is 0 Å². The molecule has 0 rings (SSSR count). The van der Waals surface area contributed by atoms with Crippen LogP contribution in [0.2, 0.25) is 0 Å². The van der Waals surface area contributed by atoms with Gasteiger partial charge in [-0.3, -0.25) is 0 Å². The second-order valence-electron chi connectivity index (χ2n) is 5.61. The van der Waals surface area contributed by atoms with Crippen LogP contribution in [0.3, 0.4) is 0 Å². The summed E-state index contributed by atoms with van der Waals surface area (Å²) in [5.74, 6) is -0.879. The number of rotatable bonds is 7. The molecule has 0 aromatic rings. The van der Waals surface area contributed by atoms with E-state index in [9.17, 15) is 9.59 Å². The predicted octanol–water partition coefficient (Wildman–Crippen LogP) is 1.97. The monoisotopic (exact) mass is 303 g/mol. The highest BCUT2D eigenvalue weighted by Crippen LogP contribution is 2.08. The molecule has 1 amide bonds. The molecule has 0 heterocycles. The number of ether oxygens (including phenoxy) is 4. The normalized spacial score (nSPS) is 12.5. The first-order chi connectivity index (χ1) is 9.55. The highest BCUT2D eigenvalue weighted by Gasteiger charge is 2.26. The number of nitrogens with one attached hydrogen (secondary N) is 1. The largest absolute Gasteiger partial charge is 0.463 e. The maximum Gasteiger partial charge on any atom is 0.408 e. The van der Waals surface area contributed by atoms with E-state index in [-0.39, 0.29) is 18.7 Å². The lowest BCUT2D eigenvalue weighted by Gasteiger charge is -2.22. The molecule has 7 nitrogen and oxygen atoms in total. The first kappa shape index (κ1) is 19.2. The van der Waals surface area contributed by atoms with Gasteiger partial charge in [0.2, 0.25) is 0 Å². The van der Waals surface area contributed by atoms with Crippen molar-refractivity contribution in [1.29, 1.82) is 0 Å². The summed E-state index contributed by atoms with van der Waals surface area (Å²) in [6.45, 7) is 12.1. The fourth-order valence-corrected chi connectivity index (χ4v) is 1.26. The number of alkyl carbamates (subject to hydrolysis) is 1. The molecule has 0 aliphatic heterocycles. The maximum atomic E-state index is 11.9. The van der Waals surface area contributed by atoms with E-state index in [0.717, 1.165) is 0 Å². The van der Waals surface area contributed by atoms with Gasteiger partial charge < -0.3 is 24.3 Å². The Morgan fingerprint density at radius 1 is 1.24 bits per heavy atom. The third-order valence-corrected chi connectivity index (χ3v) is 1.89. The van der Waals surface area contributed by atoms with Gasteiger partial charge in [0.1, 0.15) is 5.60 Å². The molecule has 0 aliphatic rings. The van der Waals surface area contributed by atoms with Crippen LogP contribution in [0, 0.1) is 0 Å². The third-order valence-electron chi connectivity index (χ3n) is 1.89. The van der Waals surface area contributed by atoms with Gasteiger partial charge in [-0.25, -0.2) is 9.59 Å². The fourth-order valence-electron chi connectivity index (χ4n) is 1.26. The number of esters is 1. The second kappa shape index (κ2) is 8.51. The van der Waals surface area contributed by atoms with Gasteiger partial charge in [0.25, 0.3) is 5.95 Å². The van der Waals surface area contributed by atoms with Crippen LogP contribution in [-0.2, 0) is 23.7 Å². The average molecular weight is 303 g/mol. The summed E-state index contributed by atoms with van der Waals surface area (Å²) in [5.41, 5.74) is -0.671. The molecule has 0 spiro atoms. The predicted molar refractivity (Wildman–Crippen MR) is 76.5 cm³/mol. The molecular weight excluding hydrogens is 278 g/mol. The molecule has 0 aromatic carbocycles. The molecule has 0 bridgehead atoms. The number of carbonyl (C=O) groups excluding carboxylic acids is 2. The van der Waals surface area contributed by atoms with E-state index in [0.29, 0.717) is 0 Å². The Hall–Kier alpha value is -1.76. The molecule has 0 fully saturated rings. The highest BCUT2D eigenvalue weighted by molar-refractivity contribution is 5.82. The molecule has 0 saturated heterocycles. The number of hydrogen-bond acceptors (Lipinski definition) is 6. The summed E-state index contributed by atoms with van der Waals surface area (Å²) in [7, 11) is 1.40. The molecule has 7 heteroatoms. The van der Waals surface area contributed by atoms with Gasteiger partial charge in [0.05, 0.1) is 12.7 Å². The van der Waals surface area contributed by atoms with Crippen LogP contribution < -0.4 is 5.32 Å². The van der Waals surface area contributed by atoms with E-state index < -0.39 is 23.7 Å². The van der Waals surface area contributed by atoms with Crippen LogP contribution in [0.25, 0.3) is 0 Å². The lowest BCUT2D eigenvalue weighted by molar-refractivity contribution is -0.150. The third kappa shape index (κ3) is 9.73. The van der Waals surface area contributed by atoms with E-state index in [4.69, 9.17) is 18.9 Å². The first-order valence-electron chi connectivity index (χ1n) is 6.61. The minimum atomic E-state index is -1.02. The van der Waals surface area contributed by atoms with Gasteiger partial charge in [-0.05, 0) is 41.2 Å². The van der Waals surface area contributed by atoms with Crippen LogP contribution in [0.4, 0.5) is 4.79 Å². The highest BCUT2D eigenvalue weighted by atomic mass is 16.7. The van der Waals surface area contributed by atoms with Crippen molar-refractivity contribution in [3.05, 3.63) is 12.5 Å². The van der Waals surface area contributed by atoms with Crippen molar-refractivity contribution < 1.29 is 28.5 Å². The van der Waals surface area contributed by atoms with Crippen molar-refractivity contribution in [2.24, 2.45) is 0 Å². The van der Waals surface area contributed by atoms with Crippen LogP contribution in [0.15, 0.2) is 12.5 Å². The first-order valence-corrected chi connectivity index (χ1v) is 6.61. The summed E-state index contributed by atoms with van der Waals surface area (Å²) in [5, 5.41) is 2.38. The quantitative estimate of drug-likeness (QED) is 0.572. The van der Waals surface area contributed by atoms with E-state index in [1.54, 1.807) is 34.6 Å². The lowest BCUT2D eigenvalue weighted by atomic mass is 10.2. The van der Waals surface area contributed by atoms with Gasteiger partial charge in [-0.1, -0.05) is 0 Å². The summed E-state index contributed by atoms with van der Waals surface area (Å²) >= 11 is 0. The van der Waals surface area contributed by atoms with E-state index >= 15 is 0 Å². The van der Waals surface area contributed by atoms with E-state index in [1.807, 2.05) is 0 Å². The molecule has 0 aromatic heterocycles. The smallest absolute Gasteiger partial charge is 0.408 e. The number of methoxy groups -OCH3 is 1.